The number of carbonyl (C=O) groups excluding carboxylic acids is 1. The monoisotopic (exact) mass is 385 g/mol. The van der Waals surface area contributed by atoms with E-state index in [1.165, 1.54) is 6.42 Å². The zero-order valence-electron chi connectivity index (χ0n) is 15.4. The summed E-state index contributed by atoms with van der Waals surface area (Å²) in [6.45, 7) is 4.86. The van der Waals surface area contributed by atoms with E-state index in [0.717, 1.165) is 49.7 Å². The number of anilines is 2. The van der Waals surface area contributed by atoms with E-state index in [-0.39, 0.29) is 5.91 Å². The molecule has 27 heavy (non-hydrogen) atoms. The largest absolute Gasteiger partial charge is 0.368 e. The molecule has 142 valence electrons. The summed E-state index contributed by atoms with van der Waals surface area (Å²) in [6.07, 6.45) is 5.28. The van der Waals surface area contributed by atoms with Crippen molar-refractivity contribution in [2.24, 2.45) is 0 Å². The SMILES string of the molecule is O=C(c1ccnc(N2CCCCC2)n1)N1CCN(c2cccc(Cl)c2)CC1. The molecule has 2 aliphatic rings. The molecule has 0 radical (unpaired) electrons. The van der Waals surface area contributed by atoms with Gasteiger partial charge in [0.15, 0.2) is 0 Å². The van der Waals surface area contributed by atoms with Crippen LogP contribution in [-0.4, -0.2) is 60.0 Å². The molecule has 6 nitrogen and oxygen atoms in total. The van der Waals surface area contributed by atoms with Gasteiger partial charge >= 0.3 is 0 Å². The fourth-order valence-corrected chi connectivity index (χ4v) is 3.90. The van der Waals surface area contributed by atoms with Crippen molar-refractivity contribution in [3.63, 3.8) is 0 Å². The molecule has 2 saturated heterocycles. The van der Waals surface area contributed by atoms with E-state index in [0.29, 0.717) is 24.7 Å². The van der Waals surface area contributed by atoms with Gasteiger partial charge in [0.25, 0.3) is 5.91 Å². The molecule has 1 aromatic carbocycles. The Bertz CT molecular complexity index is 800. The van der Waals surface area contributed by atoms with Crippen LogP contribution in [0.25, 0.3) is 0 Å². The molecule has 1 amide bonds. The molecular weight excluding hydrogens is 362 g/mol. The highest BCUT2D eigenvalue weighted by atomic mass is 35.5. The standard InChI is InChI=1S/C20H24ClN5O/c21-16-5-4-6-17(15-16)24-11-13-25(14-12-24)19(27)18-7-8-22-20(23-18)26-9-2-1-3-10-26/h4-8,15H,1-3,9-14H2. The van der Waals surface area contributed by atoms with Crippen molar-refractivity contribution >= 4 is 29.1 Å². The minimum Gasteiger partial charge on any atom is -0.368 e. The molecule has 0 aliphatic carbocycles. The number of piperidine rings is 1. The zero-order valence-corrected chi connectivity index (χ0v) is 16.1. The van der Waals surface area contributed by atoms with Gasteiger partial charge in [0.05, 0.1) is 0 Å². The van der Waals surface area contributed by atoms with Gasteiger partial charge in [0.1, 0.15) is 5.69 Å². The highest BCUT2D eigenvalue weighted by molar-refractivity contribution is 6.30. The first-order valence-corrected chi connectivity index (χ1v) is 9.96. The van der Waals surface area contributed by atoms with Gasteiger partial charge in [-0.05, 0) is 43.5 Å². The number of hydrogen-bond donors (Lipinski definition) is 0. The maximum atomic E-state index is 12.9. The maximum Gasteiger partial charge on any atom is 0.272 e. The molecule has 3 heterocycles. The fraction of sp³-hybridized carbons (Fsp3) is 0.450. The van der Waals surface area contributed by atoms with Crippen molar-refractivity contribution in [1.82, 2.24) is 14.9 Å². The first-order chi connectivity index (χ1) is 13.2. The Hall–Kier alpha value is -2.34. The van der Waals surface area contributed by atoms with E-state index in [4.69, 9.17) is 11.6 Å². The molecule has 0 atom stereocenters. The van der Waals surface area contributed by atoms with Crippen LogP contribution in [0.4, 0.5) is 11.6 Å². The van der Waals surface area contributed by atoms with Crippen LogP contribution in [0, 0.1) is 0 Å². The third-order valence-corrected chi connectivity index (χ3v) is 5.48. The average Bonchev–Trinajstić information content (AvgIpc) is 2.74. The van der Waals surface area contributed by atoms with Crippen molar-refractivity contribution in [3.05, 3.63) is 47.2 Å². The number of hydrogen-bond acceptors (Lipinski definition) is 5. The number of nitrogens with zero attached hydrogens (tertiary/aromatic N) is 5. The van der Waals surface area contributed by atoms with Gasteiger partial charge in [-0.2, -0.15) is 0 Å². The van der Waals surface area contributed by atoms with Gasteiger partial charge in [-0.25, -0.2) is 9.97 Å². The molecule has 0 bridgehead atoms. The smallest absolute Gasteiger partial charge is 0.272 e. The number of rotatable bonds is 3. The Balaban J connectivity index is 1.40. The van der Waals surface area contributed by atoms with Crippen molar-refractivity contribution in [3.8, 4) is 0 Å². The van der Waals surface area contributed by atoms with Crippen molar-refractivity contribution < 1.29 is 4.79 Å². The van der Waals surface area contributed by atoms with Crippen LogP contribution >= 0.6 is 11.6 Å². The number of piperazine rings is 1. The lowest BCUT2D eigenvalue weighted by Gasteiger charge is -2.36. The molecule has 2 fully saturated rings. The van der Waals surface area contributed by atoms with E-state index in [9.17, 15) is 4.79 Å². The van der Waals surface area contributed by atoms with E-state index < -0.39 is 0 Å². The number of carbonyl (C=O) groups is 1. The summed E-state index contributed by atoms with van der Waals surface area (Å²) >= 11 is 6.09. The minimum absolute atomic E-state index is 0.0126. The quantitative estimate of drug-likeness (QED) is 0.812. The third kappa shape index (κ3) is 4.16. The summed E-state index contributed by atoms with van der Waals surface area (Å²) in [5.74, 6) is 0.666. The summed E-state index contributed by atoms with van der Waals surface area (Å²) in [6, 6.07) is 9.57. The Kier molecular flexibility index (Phi) is 5.43. The van der Waals surface area contributed by atoms with Crippen LogP contribution in [0.1, 0.15) is 29.8 Å². The Morgan fingerprint density at radius 1 is 0.926 bits per heavy atom. The predicted molar refractivity (Wildman–Crippen MR) is 108 cm³/mol. The van der Waals surface area contributed by atoms with E-state index in [2.05, 4.69) is 25.8 Å². The molecule has 0 saturated carbocycles. The van der Waals surface area contributed by atoms with Gasteiger partial charge in [-0.1, -0.05) is 17.7 Å². The van der Waals surface area contributed by atoms with Gasteiger partial charge in [0, 0.05) is 56.2 Å². The van der Waals surface area contributed by atoms with Crippen molar-refractivity contribution in [1.29, 1.82) is 0 Å². The molecular formula is C20H24ClN5O. The van der Waals surface area contributed by atoms with Crippen LogP contribution in [-0.2, 0) is 0 Å². The second-order valence-corrected chi connectivity index (χ2v) is 7.49. The Morgan fingerprint density at radius 2 is 1.70 bits per heavy atom. The van der Waals surface area contributed by atoms with Crippen LogP contribution in [0.5, 0.6) is 0 Å². The maximum absolute atomic E-state index is 12.9. The summed E-state index contributed by atoms with van der Waals surface area (Å²) in [5.41, 5.74) is 1.59. The van der Waals surface area contributed by atoms with Crippen LogP contribution in [0.15, 0.2) is 36.5 Å². The van der Waals surface area contributed by atoms with Gasteiger partial charge < -0.3 is 14.7 Å². The molecule has 0 spiro atoms. The molecule has 4 rings (SSSR count). The normalized spacial score (nSPS) is 17.9. The Morgan fingerprint density at radius 3 is 2.44 bits per heavy atom. The summed E-state index contributed by atoms with van der Waals surface area (Å²) in [4.78, 5) is 28.2. The van der Waals surface area contributed by atoms with Crippen LogP contribution in [0.2, 0.25) is 5.02 Å². The first kappa shape index (κ1) is 18.0. The molecule has 2 aromatic rings. The molecule has 2 aliphatic heterocycles. The molecule has 7 heteroatoms. The fourth-order valence-electron chi connectivity index (χ4n) is 3.72. The van der Waals surface area contributed by atoms with Crippen molar-refractivity contribution in [2.75, 3.05) is 49.1 Å². The van der Waals surface area contributed by atoms with Crippen LogP contribution in [0.3, 0.4) is 0 Å². The molecule has 0 N–H and O–H groups in total. The van der Waals surface area contributed by atoms with E-state index >= 15 is 0 Å². The number of aromatic nitrogens is 2. The third-order valence-electron chi connectivity index (χ3n) is 5.24. The lowest BCUT2D eigenvalue weighted by atomic mass is 10.1. The second kappa shape index (κ2) is 8.13. The van der Waals surface area contributed by atoms with E-state index in [1.807, 2.05) is 23.1 Å². The highest BCUT2D eigenvalue weighted by Crippen LogP contribution is 2.21. The zero-order chi connectivity index (χ0) is 18.6. The molecule has 0 unspecified atom stereocenters. The van der Waals surface area contributed by atoms with Crippen molar-refractivity contribution in [2.45, 2.75) is 19.3 Å². The highest BCUT2D eigenvalue weighted by Gasteiger charge is 2.24. The number of benzene rings is 1. The average molecular weight is 386 g/mol. The first-order valence-electron chi connectivity index (χ1n) is 9.58. The Labute approximate surface area is 164 Å². The summed E-state index contributed by atoms with van der Waals surface area (Å²) in [5, 5.41) is 0.734. The van der Waals surface area contributed by atoms with Gasteiger partial charge in [-0.15, -0.1) is 0 Å². The second-order valence-electron chi connectivity index (χ2n) is 7.05. The number of halogens is 1. The van der Waals surface area contributed by atoms with Gasteiger partial charge in [0.2, 0.25) is 5.95 Å². The summed E-state index contributed by atoms with van der Waals surface area (Å²) in [7, 11) is 0. The van der Waals surface area contributed by atoms with E-state index in [1.54, 1.807) is 12.3 Å². The van der Waals surface area contributed by atoms with Gasteiger partial charge in [-0.3, -0.25) is 4.79 Å². The lowest BCUT2D eigenvalue weighted by Crippen LogP contribution is -2.49. The number of amides is 1. The predicted octanol–water partition coefficient (Wildman–Crippen LogP) is 3.08. The lowest BCUT2D eigenvalue weighted by molar-refractivity contribution is 0.0740. The van der Waals surface area contributed by atoms with Crippen LogP contribution < -0.4 is 9.80 Å². The molecule has 1 aromatic heterocycles. The topological polar surface area (TPSA) is 52.6 Å². The minimum atomic E-state index is -0.0126. The summed E-state index contributed by atoms with van der Waals surface area (Å²) < 4.78 is 0.